The van der Waals surface area contributed by atoms with Crippen LogP contribution in [-0.4, -0.2) is 33.6 Å². The molecule has 33 heavy (non-hydrogen) atoms. The Kier molecular flexibility index (Phi) is 7.96. The van der Waals surface area contributed by atoms with Crippen LogP contribution in [0, 0.1) is 0 Å². The van der Waals surface area contributed by atoms with Crippen LogP contribution in [0.2, 0.25) is 0 Å². The van der Waals surface area contributed by atoms with E-state index in [1.54, 1.807) is 48.2 Å². The van der Waals surface area contributed by atoms with Crippen LogP contribution in [0.4, 0.5) is 5.69 Å². The van der Waals surface area contributed by atoms with Gasteiger partial charge < -0.3 is 4.74 Å². The molecule has 3 aromatic rings. The molecule has 0 fully saturated rings. The van der Waals surface area contributed by atoms with Crippen LogP contribution in [0.25, 0.3) is 0 Å². The molecule has 3 aromatic carbocycles. The maximum atomic E-state index is 12.7. The van der Waals surface area contributed by atoms with Gasteiger partial charge in [0.15, 0.2) is 0 Å². The Morgan fingerprint density at radius 2 is 1.52 bits per heavy atom. The summed E-state index contributed by atoms with van der Waals surface area (Å²) in [4.78, 5) is 24.7. The Balaban J connectivity index is 1.65. The van der Waals surface area contributed by atoms with E-state index in [2.05, 4.69) is 15.6 Å². The zero-order valence-corrected chi connectivity index (χ0v) is 19.6. The van der Waals surface area contributed by atoms with Crippen molar-refractivity contribution < 1.29 is 22.7 Å². The second kappa shape index (κ2) is 10.9. The lowest BCUT2D eigenvalue weighted by atomic mass is 10.1. The monoisotopic (exact) mass is 485 g/mol. The Labute approximate surface area is 196 Å². The number of nitrogens with one attached hydrogen (secondary N) is 3. The van der Waals surface area contributed by atoms with Crippen molar-refractivity contribution in [1.29, 1.82) is 0 Å². The predicted octanol–water partition coefficient (Wildman–Crippen LogP) is 3.43. The topological polar surface area (TPSA) is 114 Å². The van der Waals surface area contributed by atoms with Gasteiger partial charge in [0.05, 0.1) is 12.0 Å². The maximum absolute atomic E-state index is 12.7. The van der Waals surface area contributed by atoms with Crippen molar-refractivity contribution >= 4 is 39.3 Å². The minimum absolute atomic E-state index is 0.0724. The third-order valence-corrected chi connectivity index (χ3v) is 6.57. The van der Waals surface area contributed by atoms with Crippen LogP contribution < -0.4 is 20.3 Å². The van der Waals surface area contributed by atoms with Crippen LogP contribution in [0.5, 0.6) is 5.75 Å². The molecule has 172 valence electrons. The molecule has 3 N–H and O–H groups in total. The summed E-state index contributed by atoms with van der Waals surface area (Å²) in [6.07, 6.45) is 1.99. The number of amides is 2. The zero-order chi connectivity index (χ0) is 23.8. The van der Waals surface area contributed by atoms with Gasteiger partial charge in [0, 0.05) is 22.6 Å². The second-order valence-electron chi connectivity index (χ2n) is 6.90. The lowest BCUT2D eigenvalue weighted by molar-refractivity contribution is 0.0846. The normalized spacial score (nSPS) is 10.8. The predicted molar refractivity (Wildman–Crippen MR) is 129 cm³/mol. The highest BCUT2D eigenvalue weighted by molar-refractivity contribution is 7.97. The van der Waals surface area contributed by atoms with Crippen molar-refractivity contribution in [2.45, 2.75) is 10.6 Å². The number of hydrogen-bond donors (Lipinski definition) is 3. The van der Waals surface area contributed by atoms with Gasteiger partial charge in [0.2, 0.25) is 0 Å². The average molecular weight is 486 g/mol. The Bertz CT molecular complexity index is 1230. The number of hydrazine groups is 1. The van der Waals surface area contributed by atoms with Gasteiger partial charge in [-0.05, 0) is 66.4 Å². The number of carbonyl (C=O) groups is 2. The number of rotatable bonds is 8. The standard InChI is InChI=1S/C23H23N3O5S2/c1-31-20-12-10-19(11-13-20)26-33(29,30)21-5-3-4-18(14-21)23(28)25-24-22(27)17-8-6-16(7-9-17)15-32-2/h3-14,26H,15H2,1-2H3,(H,24,27)(H,25,28). The van der Waals surface area contributed by atoms with E-state index in [0.717, 1.165) is 11.3 Å². The molecule has 8 nitrogen and oxygen atoms in total. The smallest absolute Gasteiger partial charge is 0.269 e. The van der Waals surface area contributed by atoms with E-state index in [0.29, 0.717) is 17.0 Å². The summed E-state index contributed by atoms with van der Waals surface area (Å²) in [6, 6.07) is 18.9. The van der Waals surface area contributed by atoms with Gasteiger partial charge >= 0.3 is 0 Å². The fraction of sp³-hybridized carbons (Fsp3) is 0.130. The van der Waals surface area contributed by atoms with Crippen molar-refractivity contribution in [1.82, 2.24) is 10.9 Å². The van der Waals surface area contributed by atoms with Gasteiger partial charge in [0.25, 0.3) is 21.8 Å². The van der Waals surface area contributed by atoms with E-state index in [9.17, 15) is 18.0 Å². The Hall–Kier alpha value is -3.50. The quantitative estimate of drug-likeness (QED) is 0.421. The maximum Gasteiger partial charge on any atom is 0.269 e. The molecule has 10 heteroatoms. The van der Waals surface area contributed by atoms with Crippen LogP contribution >= 0.6 is 11.8 Å². The van der Waals surface area contributed by atoms with Gasteiger partial charge in [-0.1, -0.05) is 18.2 Å². The molecule has 0 spiro atoms. The molecule has 3 rings (SSSR count). The molecule has 0 bridgehead atoms. The molecule has 0 saturated heterocycles. The van der Waals surface area contributed by atoms with Gasteiger partial charge in [0.1, 0.15) is 5.75 Å². The summed E-state index contributed by atoms with van der Waals surface area (Å²) < 4.78 is 32.9. The number of benzene rings is 3. The molecule has 0 saturated carbocycles. The van der Waals surface area contributed by atoms with Gasteiger partial charge in [-0.25, -0.2) is 8.42 Å². The minimum atomic E-state index is -3.93. The zero-order valence-electron chi connectivity index (χ0n) is 18.0. The van der Waals surface area contributed by atoms with Crippen molar-refractivity contribution in [3.05, 3.63) is 89.5 Å². The molecule has 0 aliphatic carbocycles. The van der Waals surface area contributed by atoms with Crippen LogP contribution in [-0.2, 0) is 15.8 Å². The molecule has 0 atom stereocenters. The van der Waals surface area contributed by atoms with E-state index in [-0.39, 0.29) is 10.5 Å². The number of hydrogen-bond acceptors (Lipinski definition) is 6. The highest BCUT2D eigenvalue weighted by Gasteiger charge is 2.17. The van der Waals surface area contributed by atoms with Crippen LogP contribution in [0.3, 0.4) is 0 Å². The molecular formula is C23H23N3O5S2. The largest absolute Gasteiger partial charge is 0.497 e. The molecule has 0 aliphatic heterocycles. The third kappa shape index (κ3) is 6.50. The number of anilines is 1. The summed E-state index contributed by atoms with van der Waals surface area (Å²) >= 11 is 1.68. The lowest BCUT2D eigenvalue weighted by Gasteiger charge is -2.11. The van der Waals surface area contributed by atoms with E-state index < -0.39 is 21.8 Å². The van der Waals surface area contributed by atoms with E-state index >= 15 is 0 Å². The Morgan fingerprint density at radius 1 is 0.879 bits per heavy atom. The second-order valence-corrected chi connectivity index (χ2v) is 9.45. The SMILES string of the molecule is COc1ccc(NS(=O)(=O)c2cccc(C(=O)NNC(=O)c3ccc(CSC)cc3)c2)cc1. The fourth-order valence-electron chi connectivity index (χ4n) is 2.85. The molecule has 0 radical (unpaired) electrons. The number of ether oxygens (including phenoxy) is 1. The first-order chi connectivity index (χ1) is 15.8. The summed E-state index contributed by atoms with van der Waals surface area (Å²) in [7, 11) is -2.42. The number of thioether (sulfide) groups is 1. The molecule has 0 aromatic heterocycles. The van der Waals surface area contributed by atoms with Gasteiger partial charge in [-0.3, -0.25) is 25.2 Å². The number of methoxy groups -OCH3 is 1. The molecule has 0 unspecified atom stereocenters. The number of sulfonamides is 1. The van der Waals surface area contributed by atoms with Crippen LogP contribution in [0.1, 0.15) is 26.3 Å². The van der Waals surface area contributed by atoms with E-state index in [4.69, 9.17) is 4.74 Å². The van der Waals surface area contributed by atoms with E-state index in [1.807, 2.05) is 18.4 Å². The third-order valence-electron chi connectivity index (χ3n) is 4.57. The highest BCUT2D eigenvalue weighted by atomic mass is 32.2. The lowest BCUT2D eigenvalue weighted by Crippen LogP contribution is -2.41. The summed E-state index contributed by atoms with van der Waals surface area (Å²) in [6.45, 7) is 0. The fourth-order valence-corrected chi connectivity index (χ4v) is 4.48. The molecular weight excluding hydrogens is 462 g/mol. The summed E-state index contributed by atoms with van der Waals surface area (Å²) in [5.74, 6) is 0.299. The first kappa shape index (κ1) is 24.1. The van der Waals surface area contributed by atoms with Crippen molar-refractivity contribution in [2.75, 3.05) is 18.1 Å². The Morgan fingerprint density at radius 3 is 2.12 bits per heavy atom. The molecule has 0 heterocycles. The first-order valence-electron chi connectivity index (χ1n) is 9.78. The van der Waals surface area contributed by atoms with Gasteiger partial charge in [-0.2, -0.15) is 11.8 Å². The molecule has 2 amide bonds. The van der Waals surface area contributed by atoms with Crippen molar-refractivity contribution in [3.8, 4) is 5.75 Å². The number of carbonyl (C=O) groups excluding carboxylic acids is 2. The first-order valence-corrected chi connectivity index (χ1v) is 12.7. The van der Waals surface area contributed by atoms with Crippen LogP contribution in [0.15, 0.2) is 77.7 Å². The average Bonchev–Trinajstić information content (AvgIpc) is 2.83. The minimum Gasteiger partial charge on any atom is -0.497 e. The van der Waals surface area contributed by atoms with Gasteiger partial charge in [-0.15, -0.1) is 0 Å². The molecule has 0 aliphatic rings. The summed E-state index contributed by atoms with van der Waals surface area (Å²) in [5, 5.41) is 0. The van der Waals surface area contributed by atoms with E-state index in [1.165, 1.54) is 31.4 Å². The van der Waals surface area contributed by atoms with Crippen molar-refractivity contribution in [3.63, 3.8) is 0 Å². The summed E-state index contributed by atoms with van der Waals surface area (Å²) in [5.41, 5.74) is 6.54. The van der Waals surface area contributed by atoms with Crippen molar-refractivity contribution in [2.24, 2.45) is 0 Å². The highest BCUT2D eigenvalue weighted by Crippen LogP contribution is 2.20.